The quantitative estimate of drug-likeness (QED) is 0.648. The molecule has 0 spiro atoms. The number of fused-ring (bicyclic) bond motifs is 2. The maximum absolute atomic E-state index is 12.6. The van der Waals surface area contributed by atoms with E-state index in [1.807, 2.05) is 23.6 Å². The van der Waals surface area contributed by atoms with Crippen LogP contribution >= 0.6 is 11.3 Å². The molecule has 0 saturated heterocycles. The van der Waals surface area contributed by atoms with Gasteiger partial charge in [0.2, 0.25) is 0 Å². The Morgan fingerprint density at radius 2 is 2.12 bits per heavy atom. The summed E-state index contributed by atoms with van der Waals surface area (Å²) in [5.41, 5.74) is 1.98. The summed E-state index contributed by atoms with van der Waals surface area (Å²) >= 11 is 1.38. The van der Waals surface area contributed by atoms with Gasteiger partial charge in [0.1, 0.15) is 13.2 Å². The number of amides is 1. The third-order valence-electron chi connectivity index (χ3n) is 4.01. The number of hydrogen-bond acceptors (Lipinski definition) is 5. The molecule has 1 aliphatic heterocycles. The van der Waals surface area contributed by atoms with Gasteiger partial charge in [-0.2, -0.15) is 10.1 Å². The summed E-state index contributed by atoms with van der Waals surface area (Å²) in [7, 11) is 1.77. The number of rotatable bonds is 2. The number of carbonyl (C=O) groups excluding carboxylic acids is 1. The van der Waals surface area contributed by atoms with Crippen LogP contribution in [0.3, 0.4) is 0 Å². The van der Waals surface area contributed by atoms with Gasteiger partial charge in [-0.3, -0.25) is 9.48 Å². The second-order valence-electron chi connectivity index (χ2n) is 5.89. The summed E-state index contributed by atoms with van der Waals surface area (Å²) in [4.78, 5) is 17.4. The molecule has 0 radical (unpaired) electrons. The van der Waals surface area contributed by atoms with Gasteiger partial charge in [0.05, 0.1) is 16.8 Å². The topological polar surface area (TPSA) is 70.6 Å². The van der Waals surface area contributed by atoms with Gasteiger partial charge in [0, 0.05) is 30.9 Å². The lowest BCUT2D eigenvalue weighted by Gasteiger charge is -2.18. The van der Waals surface area contributed by atoms with E-state index < -0.39 is 5.91 Å². The zero-order valence-corrected chi connectivity index (χ0v) is 15.2. The molecule has 3 aromatic rings. The molecule has 4 rings (SSSR count). The van der Waals surface area contributed by atoms with Crippen LogP contribution in [0.25, 0.3) is 10.2 Å². The Kier molecular flexibility index (Phi) is 4.01. The smallest absolute Gasteiger partial charge is 0.300 e. The van der Waals surface area contributed by atoms with Crippen molar-refractivity contribution in [3.8, 4) is 23.8 Å². The molecule has 0 unspecified atom stereocenters. The van der Waals surface area contributed by atoms with Crippen LogP contribution in [0.1, 0.15) is 16.1 Å². The van der Waals surface area contributed by atoms with Crippen LogP contribution in [0.4, 0.5) is 0 Å². The largest absolute Gasteiger partial charge is 0.486 e. The Labute approximate surface area is 153 Å². The maximum atomic E-state index is 12.6. The van der Waals surface area contributed by atoms with E-state index in [-0.39, 0.29) is 0 Å². The summed E-state index contributed by atoms with van der Waals surface area (Å²) in [6.07, 6.45) is 7.31. The van der Waals surface area contributed by atoms with Gasteiger partial charge < -0.3 is 14.0 Å². The third-order valence-corrected chi connectivity index (χ3v) is 5.05. The molecule has 1 amide bonds. The van der Waals surface area contributed by atoms with E-state index in [0.29, 0.717) is 41.8 Å². The first kappa shape index (κ1) is 16.4. The Bertz CT molecular complexity index is 1130. The van der Waals surface area contributed by atoms with E-state index in [4.69, 9.17) is 15.9 Å². The van der Waals surface area contributed by atoms with Crippen LogP contribution < -0.4 is 14.3 Å². The number of aromatic nitrogens is 3. The molecule has 3 heterocycles. The van der Waals surface area contributed by atoms with Crippen molar-refractivity contribution in [1.82, 2.24) is 14.3 Å². The van der Waals surface area contributed by atoms with Gasteiger partial charge in [-0.05, 0) is 6.92 Å². The number of carbonyl (C=O) groups is 1. The molecule has 26 heavy (non-hydrogen) atoms. The van der Waals surface area contributed by atoms with Crippen molar-refractivity contribution >= 4 is 27.5 Å². The molecule has 0 aliphatic carbocycles. The Morgan fingerprint density at radius 3 is 2.77 bits per heavy atom. The van der Waals surface area contributed by atoms with Gasteiger partial charge in [-0.25, -0.2) is 0 Å². The fourth-order valence-corrected chi connectivity index (χ4v) is 3.93. The first-order valence-corrected chi connectivity index (χ1v) is 8.84. The molecule has 0 bridgehead atoms. The molecule has 0 N–H and O–H groups in total. The molecule has 1 aliphatic rings. The molecule has 0 saturated carbocycles. The van der Waals surface area contributed by atoms with E-state index in [1.165, 1.54) is 11.3 Å². The highest BCUT2D eigenvalue weighted by molar-refractivity contribution is 7.16. The number of terminal acetylenes is 1. The predicted octanol–water partition coefficient (Wildman–Crippen LogP) is 1.89. The standard InChI is InChI=1S/C18H16N4O3S/c1-4-5-22-12-8-13-14(25-7-6-24-13)9-15(12)26-18(22)19-17(23)16-11(2)10-21(3)20-16/h1,8-10H,5-7H2,2-3H3. The minimum Gasteiger partial charge on any atom is -0.486 e. The van der Waals surface area contributed by atoms with E-state index in [2.05, 4.69) is 16.0 Å². The number of benzene rings is 1. The number of ether oxygens (including phenoxy) is 2. The zero-order chi connectivity index (χ0) is 18.3. The van der Waals surface area contributed by atoms with E-state index in [1.54, 1.807) is 17.9 Å². The Morgan fingerprint density at radius 1 is 1.38 bits per heavy atom. The van der Waals surface area contributed by atoms with E-state index >= 15 is 0 Å². The van der Waals surface area contributed by atoms with Crippen molar-refractivity contribution in [1.29, 1.82) is 0 Å². The molecule has 8 heteroatoms. The van der Waals surface area contributed by atoms with Gasteiger partial charge in [0.25, 0.3) is 5.91 Å². The first-order valence-electron chi connectivity index (χ1n) is 8.02. The molecule has 1 aromatic carbocycles. The molecule has 7 nitrogen and oxygen atoms in total. The summed E-state index contributed by atoms with van der Waals surface area (Å²) < 4.78 is 15.6. The summed E-state index contributed by atoms with van der Waals surface area (Å²) in [6.45, 7) is 3.15. The molecule has 2 aromatic heterocycles. The van der Waals surface area contributed by atoms with E-state index in [9.17, 15) is 4.79 Å². The molecular formula is C18H16N4O3S. The van der Waals surface area contributed by atoms with Crippen LogP contribution in [0.5, 0.6) is 11.5 Å². The summed E-state index contributed by atoms with van der Waals surface area (Å²) in [5, 5.41) is 4.19. The van der Waals surface area contributed by atoms with Crippen LogP contribution in [-0.2, 0) is 13.6 Å². The van der Waals surface area contributed by atoms with Crippen molar-refractivity contribution < 1.29 is 14.3 Å². The Balaban J connectivity index is 1.88. The van der Waals surface area contributed by atoms with Crippen LogP contribution in [-0.4, -0.2) is 33.5 Å². The highest BCUT2D eigenvalue weighted by atomic mass is 32.1. The molecule has 132 valence electrons. The SMILES string of the molecule is C#CCn1c(=NC(=O)c2nn(C)cc2C)sc2cc3c(cc21)OCCO3. The minimum absolute atomic E-state index is 0.299. The van der Waals surface area contributed by atoms with Crippen molar-refractivity contribution in [2.24, 2.45) is 12.0 Å². The predicted molar refractivity (Wildman–Crippen MR) is 97.5 cm³/mol. The number of aryl methyl sites for hydroxylation is 2. The number of hydrogen-bond donors (Lipinski definition) is 0. The lowest BCUT2D eigenvalue weighted by atomic mass is 10.2. The first-order chi connectivity index (χ1) is 12.6. The monoisotopic (exact) mass is 368 g/mol. The van der Waals surface area contributed by atoms with Crippen LogP contribution in [0.2, 0.25) is 0 Å². The highest BCUT2D eigenvalue weighted by Gasteiger charge is 2.18. The van der Waals surface area contributed by atoms with Crippen molar-refractivity contribution in [2.45, 2.75) is 13.5 Å². The maximum Gasteiger partial charge on any atom is 0.300 e. The molecule has 0 fully saturated rings. The minimum atomic E-state index is -0.391. The molecule has 0 atom stereocenters. The fourth-order valence-electron chi connectivity index (χ4n) is 2.89. The average molecular weight is 368 g/mol. The van der Waals surface area contributed by atoms with Crippen molar-refractivity contribution in [3.63, 3.8) is 0 Å². The number of thiazole rings is 1. The fraction of sp³-hybridized carbons (Fsp3) is 0.278. The summed E-state index contributed by atoms with van der Waals surface area (Å²) in [5.74, 6) is 3.59. The van der Waals surface area contributed by atoms with Gasteiger partial charge >= 0.3 is 0 Å². The normalized spacial score (nSPS) is 13.8. The molecular weight excluding hydrogens is 352 g/mol. The van der Waals surface area contributed by atoms with Crippen molar-refractivity contribution in [2.75, 3.05) is 13.2 Å². The summed E-state index contributed by atoms with van der Waals surface area (Å²) in [6, 6.07) is 3.78. The number of nitrogens with zero attached hydrogens (tertiary/aromatic N) is 4. The van der Waals surface area contributed by atoms with E-state index in [0.717, 1.165) is 15.8 Å². The second-order valence-corrected chi connectivity index (χ2v) is 6.90. The third kappa shape index (κ3) is 2.76. The highest BCUT2D eigenvalue weighted by Crippen LogP contribution is 2.35. The van der Waals surface area contributed by atoms with Crippen LogP contribution in [0.15, 0.2) is 23.3 Å². The second kappa shape index (κ2) is 6.35. The Hall–Kier alpha value is -3.05. The van der Waals surface area contributed by atoms with Crippen LogP contribution in [0, 0.1) is 19.3 Å². The van der Waals surface area contributed by atoms with Crippen molar-refractivity contribution in [3.05, 3.63) is 34.4 Å². The van der Waals surface area contributed by atoms with Gasteiger partial charge in [-0.1, -0.05) is 17.3 Å². The lowest BCUT2D eigenvalue weighted by Crippen LogP contribution is -2.17. The average Bonchev–Trinajstić information content (AvgIpc) is 3.12. The zero-order valence-electron chi connectivity index (χ0n) is 14.4. The van der Waals surface area contributed by atoms with Gasteiger partial charge in [-0.15, -0.1) is 6.42 Å². The lowest BCUT2D eigenvalue weighted by molar-refractivity contribution is 0.0992. The van der Waals surface area contributed by atoms with Gasteiger partial charge in [0.15, 0.2) is 22.0 Å².